The minimum absolute atomic E-state index is 0.0636. The van der Waals surface area contributed by atoms with Gasteiger partial charge in [-0.2, -0.15) is 4.98 Å². The van der Waals surface area contributed by atoms with E-state index in [9.17, 15) is 4.79 Å². The van der Waals surface area contributed by atoms with Gasteiger partial charge in [-0.15, -0.1) is 0 Å². The van der Waals surface area contributed by atoms with Gasteiger partial charge in [0.2, 0.25) is 5.95 Å². The monoisotopic (exact) mass is 391 g/mol. The summed E-state index contributed by atoms with van der Waals surface area (Å²) < 4.78 is 0. The molecule has 1 aliphatic heterocycles. The highest BCUT2D eigenvalue weighted by Gasteiger charge is 2.37. The Hall–Kier alpha value is -2.05. The number of fused-ring (bicyclic) bond motifs is 1. The molecule has 4 rings (SSSR count). The first kappa shape index (κ1) is 17.4. The molecule has 0 bridgehead atoms. The minimum atomic E-state index is -0.675. The van der Waals surface area contributed by atoms with Crippen LogP contribution in [-0.4, -0.2) is 29.0 Å². The number of aromatic nitrogens is 2. The summed E-state index contributed by atoms with van der Waals surface area (Å²) in [6, 6.07) is 5.10. The molecule has 4 N–H and O–H groups in total. The Morgan fingerprint density at radius 3 is 2.50 bits per heavy atom. The van der Waals surface area contributed by atoms with Crippen LogP contribution < -0.4 is 16.4 Å². The molecule has 6 nitrogen and oxygen atoms in total. The number of hydrogen-bond acceptors (Lipinski definition) is 5. The number of nitrogens with two attached hydrogens (primary N) is 2. The van der Waals surface area contributed by atoms with E-state index < -0.39 is 5.91 Å². The van der Waals surface area contributed by atoms with Crippen molar-refractivity contribution in [1.82, 2.24) is 9.97 Å². The number of halogens is 2. The van der Waals surface area contributed by atoms with Crippen molar-refractivity contribution in [2.45, 2.75) is 19.3 Å². The first-order chi connectivity index (χ1) is 12.5. The number of nitrogen functional groups attached to an aromatic ring is 1. The van der Waals surface area contributed by atoms with Crippen LogP contribution in [0.1, 0.15) is 29.8 Å². The van der Waals surface area contributed by atoms with Gasteiger partial charge in [0.15, 0.2) is 0 Å². The predicted molar refractivity (Wildman–Crippen MR) is 103 cm³/mol. The lowest BCUT2D eigenvalue weighted by Crippen LogP contribution is -2.26. The maximum Gasteiger partial charge on any atom is 0.268 e. The largest absolute Gasteiger partial charge is 0.383 e. The van der Waals surface area contributed by atoms with E-state index in [4.69, 9.17) is 34.7 Å². The zero-order valence-electron chi connectivity index (χ0n) is 14.1. The summed E-state index contributed by atoms with van der Waals surface area (Å²) in [6.07, 6.45) is 3.75. The van der Waals surface area contributed by atoms with E-state index in [1.165, 1.54) is 19.3 Å². The molecule has 2 fully saturated rings. The van der Waals surface area contributed by atoms with E-state index in [0.717, 1.165) is 13.1 Å². The topological polar surface area (TPSA) is 98.1 Å². The van der Waals surface area contributed by atoms with Gasteiger partial charge in [0.05, 0.1) is 15.6 Å². The number of nitrogens with zero attached hydrogens (tertiary/aromatic N) is 3. The van der Waals surface area contributed by atoms with Crippen LogP contribution in [-0.2, 0) is 0 Å². The molecule has 1 aliphatic carbocycles. The molecule has 1 amide bonds. The van der Waals surface area contributed by atoms with Crippen molar-refractivity contribution in [3.8, 4) is 11.1 Å². The quantitative estimate of drug-likeness (QED) is 0.835. The third-order valence-electron chi connectivity index (χ3n) is 5.39. The van der Waals surface area contributed by atoms with Crippen LogP contribution >= 0.6 is 23.2 Å². The summed E-state index contributed by atoms with van der Waals surface area (Å²) >= 11 is 12.4. The normalized spacial score (nSPS) is 21.8. The fourth-order valence-corrected chi connectivity index (χ4v) is 4.54. The van der Waals surface area contributed by atoms with Crippen LogP contribution in [0.2, 0.25) is 10.0 Å². The van der Waals surface area contributed by atoms with Crippen molar-refractivity contribution < 1.29 is 4.79 Å². The summed E-state index contributed by atoms with van der Waals surface area (Å²) in [6.45, 7) is 1.78. The summed E-state index contributed by atoms with van der Waals surface area (Å²) in [5.41, 5.74) is 12.7. The Bertz CT molecular complexity index is 876. The molecule has 1 aromatic heterocycles. The number of primary amides is 1. The zero-order valence-corrected chi connectivity index (χ0v) is 15.6. The van der Waals surface area contributed by atoms with Crippen molar-refractivity contribution >= 4 is 40.9 Å². The van der Waals surface area contributed by atoms with Crippen LogP contribution in [0.25, 0.3) is 11.1 Å². The van der Waals surface area contributed by atoms with Crippen molar-refractivity contribution in [3.63, 3.8) is 0 Å². The third-order valence-corrected chi connectivity index (χ3v) is 6.21. The molecule has 1 aromatic carbocycles. The van der Waals surface area contributed by atoms with Gasteiger partial charge >= 0.3 is 0 Å². The van der Waals surface area contributed by atoms with Gasteiger partial charge < -0.3 is 16.4 Å². The highest BCUT2D eigenvalue weighted by Crippen LogP contribution is 2.41. The second kappa shape index (κ2) is 6.59. The average molecular weight is 392 g/mol. The molecule has 2 heterocycles. The molecule has 8 heteroatoms. The zero-order chi connectivity index (χ0) is 18.4. The number of rotatable bonds is 3. The smallest absolute Gasteiger partial charge is 0.268 e. The van der Waals surface area contributed by atoms with E-state index >= 15 is 0 Å². The summed E-state index contributed by atoms with van der Waals surface area (Å²) in [4.78, 5) is 23.1. The second-order valence-corrected chi connectivity index (χ2v) is 7.74. The number of amides is 1. The Balaban J connectivity index is 1.79. The fraction of sp³-hybridized carbons (Fsp3) is 0.389. The Kier molecular flexibility index (Phi) is 4.40. The van der Waals surface area contributed by atoms with Crippen LogP contribution in [0.15, 0.2) is 18.2 Å². The molecule has 1 saturated carbocycles. The van der Waals surface area contributed by atoms with Gasteiger partial charge in [0, 0.05) is 18.7 Å². The number of carbonyl (C=O) groups is 1. The molecule has 2 unspecified atom stereocenters. The van der Waals surface area contributed by atoms with Crippen LogP contribution in [0.5, 0.6) is 0 Å². The molecule has 26 heavy (non-hydrogen) atoms. The van der Waals surface area contributed by atoms with E-state index in [-0.39, 0.29) is 16.5 Å². The first-order valence-corrected chi connectivity index (χ1v) is 9.38. The van der Waals surface area contributed by atoms with Crippen molar-refractivity contribution in [1.29, 1.82) is 0 Å². The van der Waals surface area contributed by atoms with Gasteiger partial charge in [0.1, 0.15) is 11.5 Å². The number of anilines is 2. The maximum atomic E-state index is 12.1. The first-order valence-electron chi connectivity index (χ1n) is 8.62. The lowest BCUT2D eigenvalue weighted by atomic mass is 10.0. The fourth-order valence-electron chi connectivity index (χ4n) is 4.15. The van der Waals surface area contributed by atoms with Gasteiger partial charge in [-0.1, -0.05) is 41.8 Å². The van der Waals surface area contributed by atoms with Crippen LogP contribution in [0, 0.1) is 11.8 Å². The Morgan fingerprint density at radius 1 is 1.15 bits per heavy atom. The number of carbonyl (C=O) groups excluding carboxylic acids is 1. The van der Waals surface area contributed by atoms with E-state index in [2.05, 4.69) is 14.9 Å². The van der Waals surface area contributed by atoms with Gasteiger partial charge in [0.25, 0.3) is 5.91 Å². The Morgan fingerprint density at radius 2 is 1.85 bits per heavy atom. The average Bonchev–Trinajstić information content (AvgIpc) is 3.19. The summed E-state index contributed by atoms with van der Waals surface area (Å²) in [5, 5.41) is 0.644. The summed E-state index contributed by atoms with van der Waals surface area (Å²) in [7, 11) is 0. The minimum Gasteiger partial charge on any atom is -0.383 e. The molecule has 1 saturated heterocycles. The molecular weight excluding hydrogens is 373 g/mol. The molecule has 2 aliphatic rings. The van der Waals surface area contributed by atoms with Gasteiger partial charge in [-0.3, -0.25) is 4.79 Å². The van der Waals surface area contributed by atoms with Crippen molar-refractivity contribution in [3.05, 3.63) is 33.9 Å². The lowest BCUT2D eigenvalue weighted by Gasteiger charge is -2.20. The molecule has 0 spiro atoms. The number of hydrogen-bond donors (Lipinski definition) is 2. The molecule has 136 valence electrons. The standard InChI is InChI=1S/C18H19Cl2N5O/c19-12-6-2-5-11(14(12)20)13-15(17(22)26)23-18(24-16(13)21)25-7-9-3-1-4-10(9)8-25/h2,5-6,9-10H,1,3-4,7-8H2,(H2,22,26)(H2,21,23,24). The number of benzene rings is 1. The highest BCUT2D eigenvalue weighted by atomic mass is 35.5. The predicted octanol–water partition coefficient (Wildman–Crippen LogP) is 3.37. The highest BCUT2D eigenvalue weighted by molar-refractivity contribution is 6.44. The summed E-state index contributed by atoms with van der Waals surface area (Å²) in [5.74, 6) is 1.28. The SMILES string of the molecule is NC(=O)c1nc(N2CC3CCCC3C2)nc(N)c1-c1cccc(Cl)c1Cl. The van der Waals surface area contributed by atoms with Crippen molar-refractivity contribution in [2.24, 2.45) is 17.6 Å². The molecular formula is C18H19Cl2N5O. The molecule has 0 radical (unpaired) electrons. The van der Waals surface area contributed by atoms with E-state index in [1.54, 1.807) is 18.2 Å². The maximum absolute atomic E-state index is 12.1. The second-order valence-electron chi connectivity index (χ2n) is 6.95. The van der Waals surface area contributed by atoms with Gasteiger partial charge in [-0.25, -0.2) is 4.98 Å². The lowest BCUT2D eigenvalue weighted by molar-refractivity contribution is 0.0996. The molecule has 2 aromatic rings. The third kappa shape index (κ3) is 2.87. The van der Waals surface area contributed by atoms with Crippen LogP contribution in [0.3, 0.4) is 0 Å². The Labute approximate surface area is 161 Å². The molecule has 2 atom stereocenters. The van der Waals surface area contributed by atoms with Gasteiger partial charge in [-0.05, 0) is 30.7 Å². The van der Waals surface area contributed by atoms with E-state index in [1.807, 2.05) is 0 Å². The van der Waals surface area contributed by atoms with Crippen molar-refractivity contribution in [2.75, 3.05) is 23.7 Å². The van der Waals surface area contributed by atoms with E-state index in [0.29, 0.717) is 33.9 Å². The van der Waals surface area contributed by atoms with Crippen LogP contribution in [0.4, 0.5) is 11.8 Å².